The van der Waals surface area contributed by atoms with Crippen LogP contribution in [0.25, 0.3) is 0 Å². The van der Waals surface area contributed by atoms with Crippen LogP contribution in [0.2, 0.25) is 0 Å². The molecule has 40 heavy (non-hydrogen) atoms. The maximum absolute atomic E-state index is 6.51. The predicted octanol–water partition coefficient (Wildman–Crippen LogP) is 6.15. The van der Waals surface area contributed by atoms with Crippen molar-refractivity contribution in [2.24, 2.45) is 0 Å². The van der Waals surface area contributed by atoms with Crippen molar-refractivity contribution in [1.82, 2.24) is 0 Å². The molecule has 8 heteroatoms. The molecule has 0 radical (unpaired) electrons. The van der Waals surface area contributed by atoms with E-state index < -0.39 is 30.4 Å². The average molecular weight is 614 g/mol. The zero-order valence-corrected chi connectivity index (χ0v) is 24.7. The molecule has 5 rings (SSSR count). The highest BCUT2D eigenvalue weighted by molar-refractivity contribution is 9.08. The molecule has 2 aliphatic heterocycles. The van der Waals surface area contributed by atoms with E-state index in [0.29, 0.717) is 26.4 Å². The summed E-state index contributed by atoms with van der Waals surface area (Å²) in [7, 11) is 1.66. The van der Waals surface area contributed by atoms with Gasteiger partial charge in [0.1, 0.15) is 30.2 Å². The summed E-state index contributed by atoms with van der Waals surface area (Å²) in [5.74, 6) is 0.0503. The van der Waals surface area contributed by atoms with Crippen molar-refractivity contribution in [3.05, 3.63) is 101 Å². The van der Waals surface area contributed by atoms with Crippen molar-refractivity contribution < 1.29 is 33.2 Å². The predicted molar refractivity (Wildman–Crippen MR) is 154 cm³/mol. The van der Waals surface area contributed by atoms with Gasteiger partial charge in [-0.3, -0.25) is 0 Å². The number of methoxy groups -OCH3 is 1. The van der Waals surface area contributed by atoms with Crippen LogP contribution in [0.15, 0.2) is 78.9 Å². The van der Waals surface area contributed by atoms with Crippen LogP contribution in [0.5, 0.6) is 5.75 Å². The third-order valence-electron chi connectivity index (χ3n) is 7.00. The maximum atomic E-state index is 6.51. The van der Waals surface area contributed by atoms with Gasteiger partial charge in [-0.2, -0.15) is 0 Å². The van der Waals surface area contributed by atoms with Crippen molar-refractivity contribution >= 4 is 15.9 Å². The number of fused-ring (bicyclic) bond motifs is 1. The molecule has 2 saturated heterocycles. The molecule has 5 atom stereocenters. The minimum atomic E-state index is -0.758. The monoisotopic (exact) mass is 612 g/mol. The Kier molecular flexibility index (Phi) is 9.91. The van der Waals surface area contributed by atoms with Gasteiger partial charge in [0.15, 0.2) is 12.1 Å². The second-order valence-corrected chi connectivity index (χ2v) is 11.1. The molecule has 0 aliphatic carbocycles. The Bertz CT molecular complexity index is 1200. The van der Waals surface area contributed by atoms with Gasteiger partial charge in [-0.25, -0.2) is 0 Å². The summed E-state index contributed by atoms with van der Waals surface area (Å²) in [6, 6.07) is 26.2. The molecule has 0 bridgehead atoms. The Morgan fingerprint density at radius 2 is 1.55 bits per heavy atom. The lowest BCUT2D eigenvalue weighted by Gasteiger charge is -2.31. The molecule has 7 nitrogen and oxygen atoms in total. The number of rotatable bonds is 13. The second kappa shape index (κ2) is 13.6. The largest absolute Gasteiger partial charge is 0.497 e. The SMILES string of the molecule is COc1ccc(COC[C@@H](OCc2cccc(CBr)c2)[C@H]2O[C@@H]3OC(C)(C)O[C@@H]3[C@H]2OCc2ccccc2)cc1. The van der Waals surface area contributed by atoms with E-state index in [2.05, 4.69) is 34.1 Å². The van der Waals surface area contributed by atoms with Gasteiger partial charge < -0.3 is 33.2 Å². The molecule has 2 fully saturated rings. The summed E-state index contributed by atoms with van der Waals surface area (Å²) in [5.41, 5.74) is 4.38. The lowest BCUT2D eigenvalue weighted by molar-refractivity contribution is -0.238. The van der Waals surface area contributed by atoms with Gasteiger partial charge >= 0.3 is 0 Å². The van der Waals surface area contributed by atoms with E-state index in [1.807, 2.05) is 74.5 Å². The minimum Gasteiger partial charge on any atom is -0.497 e. The normalized spacial score (nSPS) is 24.1. The molecule has 0 unspecified atom stereocenters. The summed E-state index contributed by atoms with van der Waals surface area (Å²) in [6.07, 6.45) is -2.22. The van der Waals surface area contributed by atoms with E-state index in [4.69, 9.17) is 33.2 Å². The lowest BCUT2D eigenvalue weighted by Crippen LogP contribution is -2.45. The van der Waals surface area contributed by atoms with Gasteiger partial charge in [0.25, 0.3) is 0 Å². The minimum absolute atomic E-state index is 0.308. The summed E-state index contributed by atoms with van der Waals surface area (Å²) >= 11 is 3.54. The lowest BCUT2D eigenvalue weighted by atomic mass is 10.1. The van der Waals surface area contributed by atoms with Crippen LogP contribution in [0, 0.1) is 0 Å². The smallest absolute Gasteiger partial charge is 0.190 e. The molecule has 0 spiro atoms. The first-order valence-electron chi connectivity index (χ1n) is 13.6. The van der Waals surface area contributed by atoms with Gasteiger partial charge in [0, 0.05) is 5.33 Å². The van der Waals surface area contributed by atoms with Crippen LogP contribution < -0.4 is 4.74 Å². The standard InChI is InChI=1S/C32H37BrO7/c1-32(2)39-30-29(37-19-22-8-5-4-6-9-22)28(38-31(30)40-32)27(36-20-25-11-7-10-24(16-25)17-33)21-35-18-23-12-14-26(34-3)15-13-23/h4-16,27-31H,17-21H2,1-3H3/t27-,28-,29+,30-,31-/m1/s1. The molecule has 0 saturated carbocycles. The zero-order chi connectivity index (χ0) is 28.0. The van der Waals surface area contributed by atoms with Gasteiger partial charge in [0.2, 0.25) is 0 Å². The van der Waals surface area contributed by atoms with Crippen molar-refractivity contribution in [3.63, 3.8) is 0 Å². The molecular formula is C32H37BrO7. The fourth-order valence-corrected chi connectivity index (χ4v) is 5.37. The molecule has 3 aromatic rings. The molecular weight excluding hydrogens is 576 g/mol. The number of halogens is 1. The Balaban J connectivity index is 1.32. The Labute approximate surface area is 244 Å². The van der Waals surface area contributed by atoms with Crippen LogP contribution in [-0.4, -0.2) is 50.2 Å². The highest BCUT2D eigenvalue weighted by Crippen LogP contribution is 2.40. The third-order valence-corrected chi connectivity index (χ3v) is 7.65. The summed E-state index contributed by atoms with van der Waals surface area (Å²) < 4.78 is 43.2. The number of alkyl halides is 1. The van der Waals surface area contributed by atoms with Crippen LogP contribution in [0.4, 0.5) is 0 Å². The van der Waals surface area contributed by atoms with Crippen molar-refractivity contribution in [1.29, 1.82) is 0 Å². The van der Waals surface area contributed by atoms with Crippen molar-refractivity contribution in [2.45, 2.75) is 75.5 Å². The topological polar surface area (TPSA) is 64.6 Å². The van der Waals surface area contributed by atoms with E-state index >= 15 is 0 Å². The Hall–Kier alpha value is -2.30. The third kappa shape index (κ3) is 7.50. The summed E-state index contributed by atoms with van der Waals surface area (Å²) in [4.78, 5) is 0. The first kappa shape index (κ1) is 29.2. The maximum Gasteiger partial charge on any atom is 0.190 e. The molecule has 0 amide bonds. The van der Waals surface area contributed by atoms with Crippen LogP contribution in [0.1, 0.15) is 36.1 Å². The van der Waals surface area contributed by atoms with E-state index in [1.54, 1.807) is 7.11 Å². The molecule has 2 aliphatic rings. The highest BCUT2D eigenvalue weighted by Gasteiger charge is 2.57. The number of hydrogen-bond donors (Lipinski definition) is 0. The number of hydrogen-bond acceptors (Lipinski definition) is 7. The fraction of sp³-hybridized carbons (Fsp3) is 0.438. The second-order valence-electron chi connectivity index (χ2n) is 10.5. The number of ether oxygens (including phenoxy) is 7. The molecule has 3 aromatic carbocycles. The fourth-order valence-electron chi connectivity index (χ4n) is 5.02. The first-order valence-corrected chi connectivity index (χ1v) is 14.7. The Morgan fingerprint density at radius 1 is 0.825 bits per heavy atom. The Morgan fingerprint density at radius 3 is 2.30 bits per heavy atom. The summed E-state index contributed by atoms with van der Waals surface area (Å²) in [5, 5.41) is 0.782. The molecule has 0 aromatic heterocycles. The molecule has 214 valence electrons. The number of benzene rings is 3. The average Bonchev–Trinajstić information content (AvgIpc) is 3.46. The van der Waals surface area contributed by atoms with E-state index in [-0.39, 0.29) is 6.10 Å². The van der Waals surface area contributed by atoms with Crippen molar-refractivity contribution in [3.8, 4) is 5.75 Å². The van der Waals surface area contributed by atoms with Gasteiger partial charge in [-0.15, -0.1) is 0 Å². The van der Waals surface area contributed by atoms with E-state index in [9.17, 15) is 0 Å². The first-order chi connectivity index (χ1) is 19.4. The molecule has 2 heterocycles. The van der Waals surface area contributed by atoms with Crippen LogP contribution in [-0.2, 0) is 53.6 Å². The van der Waals surface area contributed by atoms with Crippen molar-refractivity contribution in [2.75, 3.05) is 13.7 Å². The van der Waals surface area contributed by atoms with Crippen LogP contribution >= 0.6 is 15.9 Å². The van der Waals surface area contributed by atoms with E-state index in [1.165, 1.54) is 5.56 Å². The van der Waals surface area contributed by atoms with Gasteiger partial charge in [-0.05, 0) is 48.2 Å². The zero-order valence-electron chi connectivity index (χ0n) is 23.2. The molecule has 0 N–H and O–H groups in total. The van der Waals surface area contributed by atoms with Crippen LogP contribution in [0.3, 0.4) is 0 Å². The summed E-state index contributed by atoms with van der Waals surface area (Å²) in [6.45, 7) is 5.35. The van der Waals surface area contributed by atoms with Gasteiger partial charge in [0.05, 0.1) is 33.5 Å². The van der Waals surface area contributed by atoms with E-state index in [0.717, 1.165) is 27.8 Å². The van der Waals surface area contributed by atoms with Gasteiger partial charge in [-0.1, -0.05) is 82.7 Å². The highest BCUT2D eigenvalue weighted by atomic mass is 79.9. The quantitative estimate of drug-likeness (QED) is 0.214.